The fraction of sp³-hybridized carbons (Fsp3) is 0.500. The Morgan fingerprint density at radius 3 is 2.73 bits per heavy atom. The van der Waals surface area contributed by atoms with E-state index >= 15 is 0 Å². The van der Waals surface area contributed by atoms with E-state index in [1.165, 1.54) is 19.7 Å². The van der Waals surface area contributed by atoms with E-state index in [-0.39, 0.29) is 5.69 Å². The van der Waals surface area contributed by atoms with Crippen molar-refractivity contribution in [1.82, 2.24) is 9.97 Å². The minimum absolute atomic E-state index is 0.229. The number of carbonyl (C=O) groups is 1. The highest BCUT2D eigenvalue weighted by Crippen LogP contribution is 2.31. The van der Waals surface area contributed by atoms with Crippen molar-refractivity contribution in [2.45, 2.75) is 19.4 Å². The van der Waals surface area contributed by atoms with Gasteiger partial charge in [-0.3, -0.25) is 0 Å². The van der Waals surface area contributed by atoms with Crippen LogP contribution in [0.15, 0.2) is 12.4 Å². The number of carbonyl (C=O) groups excluding carboxylic acids is 1. The van der Waals surface area contributed by atoms with Crippen molar-refractivity contribution in [3.63, 3.8) is 0 Å². The molecule has 1 saturated carbocycles. The Bertz CT molecular complexity index is 363. The highest BCUT2D eigenvalue weighted by atomic mass is 16.5. The lowest BCUT2D eigenvalue weighted by Gasteiger charge is -2.03. The van der Waals surface area contributed by atoms with Gasteiger partial charge >= 0.3 is 5.97 Å². The number of anilines is 1. The second-order valence-corrected chi connectivity index (χ2v) is 3.74. The van der Waals surface area contributed by atoms with Crippen molar-refractivity contribution in [3.8, 4) is 0 Å². The van der Waals surface area contributed by atoms with Gasteiger partial charge in [0.15, 0.2) is 5.69 Å². The van der Waals surface area contributed by atoms with Gasteiger partial charge in [-0.1, -0.05) is 6.92 Å². The molecule has 15 heavy (non-hydrogen) atoms. The molecule has 80 valence electrons. The Hall–Kier alpha value is -1.65. The average molecular weight is 207 g/mol. The van der Waals surface area contributed by atoms with Gasteiger partial charge < -0.3 is 10.1 Å². The van der Waals surface area contributed by atoms with Gasteiger partial charge in [-0.05, 0) is 12.3 Å². The van der Waals surface area contributed by atoms with E-state index in [0.29, 0.717) is 17.8 Å². The normalized spacial score (nSPS) is 23.3. The summed E-state index contributed by atoms with van der Waals surface area (Å²) in [5, 5.41) is 3.22. The molecule has 0 spiro atoms. The van der Waals surface area contributed by atoms with Crippen molar-refractivity contribution in [3.05, 3.63) is 18.1 Å². The highest BCUT2D eigenvalue weighted by Gasteiger charge is 2.32. The molecule has 2 unspecified atom stereocenters. The fourth-order valence-corrected chi connectivity index (χ4v) is 1.33. The standard InChI is InChI=1S/C10H13N3O2/c1-6-3-7(6)13-9-5-11-8(4-12-9)10(14)15-2/h4-7H,3H2,1-2H3,(H,12,13). The molecule has 1 N–H and O–H groups in total. The highest BCUT2D eigenvalue weighted by molar-refractivity contribution is 5.86. The van der Waals surface area contributed by atoms with Crippen LogP contribution in [-0.2, 0) is 4.74 Å². The number of rotatable bonds is 3. The zero-order valence-corrected chi connectivity index (χ0v) is 8.73. The maximum Gasteiger partial charge on any atom is 0.358 e. The molecular weight excluding hydrogens is 194 g/mol. The minimum atomic E-state index is -0.464. The van der Waals surface area contributed by atoms with Crippen LogP contribution in [0, 0.1) is 5.92 Å². The fourth-order valence-electron chi connectivity index (χ4n) is 1.33. The zero-order chi connectivity index (χ0) is 10.8. The zero-order valence-electron chi connectivity index (χ0n) is 8.73. The van der Waals surface area contributed by atoms with E-state index < -0.39 is 5.97 Å². The predicted molar refractivity (Wildman–Crippen MR) is 54.6 cm³/mol. The third-order valence-corrected chi connectivity index (χ3v) is 2.49. The van der Waals surface area contributed by atoms with Gasteiger partial charge in [0.1, 0.15) is 5.82 Å². The molecule has 1 aromatic rings. The number of hydrogen-bond acceptors (Lipinski definition) is 5. The van der Waals surface area contributed by atoms with E-state index in [1.54, 1.807) is 6.20 Å². The third kappa shape index (κ3) is 2.23. The Balaban J connectivity index is 2.00. The van der Waals surface area contributed by atoms with E-state index in [1.807, 2.05) is 0 Å². The maximum absolute atomic E-state index is 11.1. The molecule has 1 aromatic heterocycles. The molecule has 5 nitrogen and oxygen atoms in total. The van der Waals surface area contributed by atoms with Crippen LogP contribution in [0.1, 0.15) is 23.8 Å². The van der Waals surface area contributed by atoms with Gasteiger partial charge in [-0.25, -0.2) is 14.8 Å². The van der Waals surface area contributed by atoms with Gasteiger partial charge in [0.05, 0.1) is 19.5 Å². The molecule has 2 atom stereocenters. The van der Waals surface area contributed by atoms with Crippen molar-refractivity contribution >= 4 is 11.8 Å². The maximum atomic E-state index is 11.1. The third-order valence-electron chi connectivity index (χ3n) is 2.49. The summed E-state index contributed by atoms with van der Waals surface area (Å²) in [6.45, 7) is 2.17. The lowest BCUT2D eigenvalue weighted by molar-refractivity contribution is 0.0593. The molecule has 0 amide bonds. The number of methoxy groups -OCH3 is 1. The molecule has 1 fully saturated rings. The second kappa shape index (κ2) is 3.84. The van der Waals surface area contributed by atoms with Crippen LogP contribution in [0.3, 0.4) is 0 Å². The number of nitrogens with zero attached hydrogens (tertiary/aromatic N) is 2. The van der Waals surface area contributed by atoms with Gasteiger partial charge in [0.2, 0.25) is 0 Å². The number of hydrogen-bond donors (Lipinski definition) is 1. The van der Waals surface area contributed by atoms with Crippen molar-refractivity contribution < 1.29 is 9.53 Å². The second-order valence-electron chi connectivity index (χ2n) is 3.74. The summed E-state index contributed by atoms with van der Waals surface area (Å²) in [5.41, 5.74) is 0.229. The van der Waals surface area contributed by atoms with E-state index in [9.17, 15) is 4.79 Å². The van der Waals surface area contributed by atoms with Gasteiger partial charge in [0.25, 0.3) is 0 Å². The van der Waals surface area contributed by atoms with E-state index in [0.717, 1.165) is 0 Å². The van der Waals surface area contributed by atoms with Crippen LogP contribution < -0.4 is 5.32 Å². The van der Waals surface area contributed by atoms with Gasteiger partial charge in [-0.15, -0.1) is 0 Å². The average Bonchev–Trinajstić information content (AvgIpc) is 2.94. The molecule has 0 bridgehead atoms. The first-order chi connectivity index (χ1) is 7.20. The van der Waals surface area contributed by atoms with Gasteiger partial charge in [0, 0.05) is 6.04 Å². The molecular formula is C10H13N3O2. The van der Waals surface area contributed by atoms with Crippen LogP contribution in [0.5, 0.6) is 0 Å². The Morgan fingerprint density at radius 1 is 1.53 bits per heavy atom. The Labute approximate surface area is 87.9 Å². The summed E-state index contributed by atoms with van der Waals surface area (Å²) in [4.78, 5) is 19.1. The number of esters is 1. The Morgan fingerprint density at radius 2 is 2.27 bits per heavy atom. The van der Waals surface area contributed by atoms with Crippen LogP contribution in [0.2, 0.25) is 0 Å². The number of ether oxygens (including phenoxy) is 1. The first kappa shape index (κ1) is 9.89. The molecule has 0 aromatic carbocycles. The van der Waals surface area contributed by atoms with Crippen molar-refractivity contribution in [2.24, 2.45) is 5.92 Å². The van der Waals surface area contributed by atoms with Crippen molar-refractivity contribution in [1.29, 1.82) is 0 Å². The summed E-state index contributed by atoms with van der Waals surface area (Å²) >= 11 is 0. The first-order valence-electron chi connectivity index (χ1n) is 4.87. The smallest absolute Gasteiger partial charge is 0.358 e. The topological polar surface area (TPSA) is 64.1 Å². The molecule has 0 saturated heterocycles. The molecule has 1 aliphatic carbocycles. The quantitative estimate of drug-likeness (QED) is 0.751. The number of aromatic nitrogens is 2. The lowest BCUT2D eigenvalue weighted by Crippen LogP contribution is -2.09. The molecule has 2 rings (SSSR count). The van der Waals surface area contributed by atoms with Crippen LogP contribution in [-0.4, -0.2) is 29.1 Å². The molecule has 0 aliphatic heterocycles. The molecule has 1 aliphatic rings. The molecule has 0 radical (unpaired) electrons. The largest absolute Gasteiger partial charge is 0.464 e. The summed E-state index contributed by atoms with van der Waals surface area (Å²) in [6.07, 6.45) is 4.14. The van der Waals surface area contributed by atoms with E-state index in [2.05, 4.69) is 26.9 Å². The lowest BCUT2D eigenvalue weighted by atomic mass is 10.4. The summed E-state index contributed by atoms with van der Waals surface area (Å²) < 4.78 is 4.52. The number of nitrogens with one attached hydrogen (secondary N) is 1. The Kier molecular flexibility index (Phi) is 2.53. The van der Waals surface area contributed by atoms with Crippen LogP contribution >= 0.6 is 0 Å². The van der Waals surface area contributed by atoms with E-state index in [4.69, 9.17) is 0 Å². The minimum Gasteiger partial charge on any atom is -0.464 e. The summed E-state index contributed by atoms with van der Waals surface area (Å²) in [5.74, 6) is 0.943. The predicted octanol–water partition coefficient (Wildman–Crippen LogP) is 1.08. The van der Waals surface area contributed by atoms with Crippen LogP contribution in [0.25, 0.3) is 0 Å². The summed E-state index contributed by atoms with van der Waals surface area (Å²) in [7, 11) is 1.32. The van der Waals surface area contributed by atoms with Crippen LogP contribution in [0.4, 0.5) is 5.82 Å². The summed E-state index contributed by atoms with van der Waals surface area (Å²) in [6, 6.07) is 0.503. The first-order valence-corrected chi connectivity index (χ1v) is 4.87. The SMILES string of the molecule is COC(=O)c1cnc(NC2CC2C)cn1. The molecule has 1 heterocycles. The van der Waals surface area contributed by atoms with Gasteiger partial charge in [-0.2, -0.15) is 0 Å². The monoisotopic (exact) mass is 207 g/mol. The van der Waals surface area contributed by atoms with Crippen molar-refractivity contribution in [2.75, 3.05) is 12.4 Å². The molecule has 5 heteroatoms.